The van der Waals surface area contributed by atoms with E-state index in [1.807, 2.05) is 6.07 Å². The zero-order valence-corrected chi connectivity index (χ0v) is 10.6. The van der Waals surface area contributed by atoms with E-state index in [2.05, 4.69) is 4.72 Å². The van der Waals surface area contributed by atoms with Crippen molar-refractivity contribution in [1.82, 2.24) is 0 Å². The summed E-state index contributed by atoms with van der Waals surface area (Å²) < 4.78 is 25.5. The van der Waals surface area contributed by atoms with Crippen LogP contribution in [0.4, 0.5) is 5.69 Å². The Hall–Kier alpha value is -1.29. The number of nitrogens with two attached hydrogens (primary N) is 1. The van der Waals surface area contributed by atoms with Crippen LogP contribution in [0.15, 0.2) is 18.2 Å². The number of hydrogen-bond acceptors (Lipinski definition) is 4. The molecule has 0 fully saturated rings. The van der Waals surface area contributed by atoms with E-state index in [4.69, 9.17) is 22.6 Å². The van der Waals surface area contributed by atoms with Crippen molar-refractivity contribution in [1.29, 1.82) is 5.26 Å². The topological polar surface area (TPSA) is 96.0 Å². The van der Waals surface area contributed by atoms with E-state index < -0.39 is 10.0 Å². The second-order valence-corrected chi connectivity index (χ2v) is 5.62. The molecular formula is C10H12ClN3O2S. The van der Waals surface area contributed by atoms with Crippen LogP contribution in [0, 0.1) is 11.3 Å². The normalized spacial score (nSPS) is 10.9. The predicted molar refractivity (Wildman–Crippen MR) is 67.2 cm³/mol. The van der Waals surface area contributed by atoms with E-state index in [0.29, 0.717) is 24.2 Å². The van der Waals surface area contributed by atoms with Crippen molar-refractivity contribution in [3.63, 3.8) is 0 Å². The first-order chi connectivity index (χ1) is 7.98. The van der Waals surface area contributed by atoms with E-state index in [1.165, 1.54) is 18.2 Å². The van der Waals surface area contributed by atoms with Crippen LogP contribution in [0.2, 0.25) is 5.02 Å². The van der Waals surface area contributed by atoms with E-state index in [9.17, 15) is 8.42 Å². The van der Waals surface area contributed by atoms with Crippen molar-refractivity contribution >= 4 is 27.3 Å². The zero-order valence-electron chi connectivity index (χ0n) is 8.98. The molecule has 0 heterocycles. The summed E-state index contributed by atoms with van der Waals surface area (Å²) in [7, 11) is -3.40. The third-order valence-corrected chi connectivity index (χ3v) is 3.67. The Morgan fingerprint density at radius 2 is 2.18 bits per heavy atom. The Labute approximate surface area is 105 Å². The Balaban J connectivity index is 2.83. The van der Waals surface area contributed by atoms with Crippen LogP contribution in [0.5, 0.6) is 0 Å². The lowest BCUT2D eigenvalue weighted by Gasteiger charge is -2.08. The Bertz CT molecular complexity index is 537. The van der Waals surface area contributed by atoms with Crippen molar-refractivity contribution in [2.75, 3.05) is 17.0 Å². The Morgan fingerprint density at radius 1 is 1.47 bits per heavy atom. The highest BCUT2D eigenvalue weighted by Gasteiger charge is 2.10. The first-order valence-corrected chi connectivity index (χ1v) is 6.92. The number of nitrogens with zero attached hydrogens (tertiary/aromatic N) is 1. The maximum atomic E-state index is 11.5. The molecule has 17 heavy (non-hydrogen) atoms. The number of halogens is 1. The van der Waals surface area contributed by atoms with Crippen molar-refractivity contribution in [2.24, 2.45) is 5.73 Å². The summed E-state index contributed by atoms with van der Waals surface area (Å²) in [5, 5.41) is 8.89. The second kappa shape index (κ2) is 5.87. The number of nitrogens with one attached hydrogen (secondary N) is 1. The van der Waals surface area contributed by atoms with Crippen LogP contribution in [0.1, 0.15) is 12.0 Å². The first kappa shape index (κ1) is 13.8. The monoisotopic (exact) mass is 273 g/mol. The van der Waals surface area contributed by atoms with Crippen LogP contribution in [-0.4, -0.2) is 20.7 Å². The number of nitriles is 1. The summed E-state index contributed by atoms with van der Waals surface area (Å²) in [5.41, 5.74) is 5.88. The summed E-state index contributed by atoms with van der Waals surface area (Å²) in [6.07, 6.45) is 0.388. The fraction of sp³-hybridized carbons (Fsp3) is 0.300. The molecule has 92 valence electrons. The van der Waals surface area contributed by atoms with Gasteiger partial charge in [-0.2, -0.15) is 5.26 Å². The van der Waals surface area contributed by atoms with Gasteiger partial charge in [-0.3, -0.25) is 4.72 Å². The van der Waals surface area contributed by atoms with E-state index in [-0.39, 0.29) is 10.8 Å². The molecule has 0 spiro atoms. The average molecular weight is 274 g/mol. The number of hydrogen-bond donors (Lipinski definition) is 2. The van der Waals surface area contributed by atoms with Gasteiger partial charge in [0, 0.05) is 0 Å². The summed E-state index contributed by atoms with van der Waals surface area (Å²) >= 11 is 5.79. The van der Waals surface area contributed by atoms with Crippen molar-refractivity contribution in [3.05, 3.63) is 28.8 Å². The number of benzene rings is 1. The highest BCUT2D eigenvalue weighted by molar-refractivity contribution is 7.92. The molecule has 0 radical (unpaired) electrons. The zero-order chi connectivity index (χ0) is 12.9. The Kier molecular flexibility index (Phi) is 4.75. The molecule has 0 amide bonds. The van der Waals surface area contributed by atoms with Gasteiger partial charge in [0.25, 0.3) is 0 Å². The molecule has 0 aliphatic rings. The molecule has 0 atom stereocenters. The van der Waals surface area contributed by atoms with Gasteiger partial charge < -0.3 is 5.73 Å². The van der Waals surface area contributed by atoms with Crippen molar-refractivity contribution in [3.8, 4) is 6.07 Å². The molecular weight excluding hydrogens is 262 g/mol. The van der Waals surface area contributed by atoms with E-state index in [1.54, 1.807) is 0 Å². The lowest BCUT2D eigenvalue weighted by Crippen LogP contribution is -2.18. The molecule has 0 bridgehead atoms. The fourth-order valence-electron chi connectivity index (χ4n) is 1.17. The predicted octanol–water partition coefficient (Wildman–Crippen LogP) is 1.30. The average Bonchev–Trinajstić information content (AvgIpc) is 2.26. The van der Waals surface area contributed by atoms with Crippen LogP contribution in [-0.2, 0) is 10.0 Å². The molecule has 0 saturated carbocycles. The highest BCUT2D eigenvalue weighted by Crippen LogP contribution is 2.21. The van der Waals surface area contributed by atoms with Gasteiger partial charge in [-0.25, -0.2) is 8.42 Å². The first-order valence-electron chi connectivity index (χ1n) is 4.89. The van der Waals surface area contributed by atoms with Crippen molar-refractivity contribution in [2.45, 2.75) is 6.42 Å². The molecule has 0 unspecified atom stereocenters. The van der Waals surface area contributed by atoms with Gasteiger partial charge in [0.05, 0.1) is 22.0 Å². The lowest BCUT2D eigenvalue weighted by molar-refractivity contribution is 0.599. The third-order valence-electron chi connectivity index (χ3n) is 1.98. The maximum Gasteiger partial charge on any atom is 0.232 e. The van der Waals surface area contributed by atoms with Gasteiger partial charge in [-0.05, 0) is 31.2 Å². The molecule has 0 saturated heterocycles. The molecule has 1 rings (SSSR count). The summed E-state index contributed by atoms with van der Waals surface area (Å²) in [5.74, 6) is -0.0406. The second-order valence-electron chi connectivity index (χ2n) is 3.37. The molecule has 3 N–H and O–H groups in total. The Morgan fingerprint density at radius 3 is 2.71 bits per heavy atom. The number of rotatable bonds is 5. The van der Waals surface area contributed by atoms with Gasteiger partial charge in [0.2, 0.25) is 10.0 Å². The smallest absolute Gasteiger partial charge is 0.232 e. The lowest BCUT2D eigenvalue weighted by atomic mass is 10.2. The maximum absolute atomic E-state index is 11.5. The van der Waals surface area contributed by atoms with Crippen LogP contribution < -0.4 is 10.5 Å². The fourth-order valence-corrected chi connectivity index (χ4v) is 2.53. The third kappa shape index (κ3) is 4.23. The van der Waals surface area contributed by atoms with Gasteiger partial charge in [0.15, 0.2) is 0 Å². The van der Waals surface area contributed by atoms with E-state index in [0.717, 1.165) is 0 Å². The minimum atomic E-state index is -3.40. The van der Waals surface area contributed by atoms with Gasteiger partial charge in [0.1, 0.15) is 6.07 Å². The number of anilines is 1. The van der Waals surface area contributed by atoms with Crippen LogP contribution >= 0.6 is 11.6 Å². The van der Waals surface area contributed by atoms with Crippen LogP contribution in [0.25, 0.3) is 0 Å². The molecule has 0 aliphatic heterocycles. The summed E-state index contributed by atoms with van der Waals surface area (Å²) in [6, 6.07) is 6.25. The minimum absolute atomic E-state index is 0.0406. The summed E-state index contributed by atoms with van der Waals surface area (Å²) in [4.78, 5) is 0. The molecule has 0 aliphatic carbocycles. The minimum Gasteiger partial charge on any atom is -0.330 e. The van der Waals surface area contributed by atoms with Crippen LogP contribution in [0.3, 0.4) is 0 Å². The standard InChI is InChI=1S/C10H12ClN3O2S/c11-10-6-9(3-2-8(10)7-13)14-17(15,16)5-1-4-12/h2-3,6,14H,1,4-5,12H2. The molecule has 0 aromatic heterocycles. The summed E-state index contributed by atoms with van der Waals surface area (Å²) in [6.45, 7) is 0.315. The van der Waals surface area contributed by atoms with Gasteiger partial charge in [-0.1, -0.05) is 11.6 Å². The van der Waals surface area contributed by atoms with Gasteiger partial charge >= 0.3 is 0 Å². The van der Waals surface area contributed by atoms with E-state index >= 15 is 0 Å². The SMILES string of the molecule is N#Cc1ccc(NS(=O)(=O)CCCN)cc1Cl. The van der Waals surface area contributed by atoms with Crippen molar-refractivity contribution < 1.29 is 8.42 Å². The number of sulfonamides is 1. The highest BCUT2D eigenvalue weighted by atomic mass is 35.5. The molecule has 7 heteroatoms. The molecule has 5 nitrogen and oxygen atoms in total. The largest absolute Gasteiger partial charge is 0.330 e. The molecule has 1 aromatic rings. The quantitative estimate of drug-likeness (QED) is 0.845. The molecule has 1 aromatic carbocycles. The van der Waals surface area contributed by atoms with Gasteiger partial charge in [-0.15, -0.1) is 0 Å².